The first-order chi connectivity index (χ1) is 10.6. The van der Waals surface area contributed by atoms with Gasteiger partial charge >= 0.3 is 0 Å². The molecule has 1 aromatic rings. The third-order valence-corrected chi connectivity index (χ3v) is 4.27. The normalized spacial score (nSPS) is 29.2. The van der Waals surface area contributed by atoms with Crippen molar-refractivity contribution in [3.05, 3.63) is 45.7 Å². The lowest BCUT2D eigenvalue weighted by Gasteiger charge is -2.41. The maximum Gasteiger partial charge on any atom is 0.270 e. The van der Waals surface area contributed by atoms with E-state index in [0.29, 0.717) is 17.9 Å². The Bertz CT molecular complexity index is 697. The number of rotatable bonds is 1. The lowest BCUT2D eigenvalue weighted by Crippen LogP contribution is -2.48. The Hall–Kier alpha value is -2.41. The van der Waals surface area contributed by atoms with Crippen LogP contribution in [0.3, 0.4) is 0 Å². The summed E-state index contributed by atoms with van der Waals surface area (Å²) in [6, 6.07) is 4.07. The third kappa shape index (κ3) is 1.89. The number of nitro benzene ring substituents is 1. The number of carbonyl (C=O) groups excluding carboxylic acids is 1. The van der Waals surface area contributed by atoms with Gasteiger partial charge in [-0.1, -0.05) is 0 Å². The van der Waals surface area contributed by atoms with Crippen LogP contribution in [0.5, 0.6) is 5.75 Å². The van der Waals surface area contributed by atoms with Gasteiger partial charge in [0.1, 0.15) is 11.9 Å². The molecule has 3 atom stereocenters. The molecule has 1 fully saturated rings. The molecule has 3 aliphatic heterocycles. The predicted octanol–water partition coefficient (Wildman–Crippen LogP) is 2.21. The van der Waals surface area contributed by atoms with Gasteiger partial charge in [0.2, 0.25) is 6.29 Å². The second-order valence-corrected chi connectivity index (χ2v) is 5.56. The Labute approximate surface area is 125 Å². The van der Waals surface area contributed by atoms with E-state index < -0.39 is 17.3 Å². The van der Waals surface area contributed by atoms with E-state index in [2.05, 4.69) is 0 Å². The van der Waals surface area contributed by atoms with Crippen molar-refractivity contribution >= 4 is 11.5 Å². The summed E-state index contributed by atoms with van der Waals surface area (Å²) in [7, 11) is 0. The Morgan fingerprint density at radius 1 is 1.32 bits per heavy atom. The van der Waals surface area contributed by atoms with Crippen molar-refractivity contribution in [2.75, 3.05) is 6.61 Å². The van der Waals surface area contributed by atoms with E-state index in [4.69, 9.17) is 14.2 Å². The molecule has 3 aliphatic rings. The van der Waals surface area contributed by atoms with Gasteiger partial charge in [-0.25, -0.2) is 0 Å². The largest absolute Gasteiger partial charge is 0.484 e. The molecule has 0 bridgehead atoms. The van der Waals surface area contributed by atoms with Crippen LogP contribution in [0.1, 0.15) is 23.2 Å². The van der Waals surface area contributed by atoms with Crippen molar-refractivity contribution in [1.82, 2.24) is 0 Å². The number of fused-ring (bicyclic) bond motifs is 4. The number of ketones is 1. The number of nitrogens with zero attached hydrogens (tertiary/aromatic N) is 1. The van der Waals surface area contributed by atoms with Gasteiger partial charge in [0, 0.05) is 12.1 Å². The summed E-state index contributed by atoms with van der Waals surface area (Å²) in [5.41, 5.74) is 0.473. The van der Waals surface area contributed by atoms with Crippen molar-refractivity contribution in [3.63, 3.8) is 0 Å². The quantitative estimate of drug-likeness (QED) is 0.584. The summed E-state index contributed by atoms with van der Waals surface area (Å²) in [4.78, 5) is 22.9. The van der Waals surface area contributed by atoms with Crippen LogP contribution in [0.2, 0.25) is 0 Å². The van der Waals surface area contributed by atoms with Crippen molar-refractivity contribution in [3.8, 4) is 5.75 Å². The van der Waals surface area contributed by atoms with Gasteiger partial charge in [0.15, 0.2) is 5.78 Å². The van der Waals surface area contributed by atoms with Crippen LogP contribution in [0.4, 0.5) is 5.69 Å². The van der Waals surface area contributed by atoms with E-state index in [1.807, 2.05) is 0 Å². The van der Waals surface area contributed by atoms with Crippen LogP contribution < -0.4 is 4.74 Å². The fourth-order valence-electron chi connectivity index (χ4n) is 3.19. The van der Waals surface area contributed by atoms with E-state index >= 15 is 0 Å². The van der Waals surface area contributed by atoms with Crippen molar-refractivity contribution in [1.29, 1.82) is 0 Å². The van der Waals surface area contributed by atoms with Crippen LogP contribution >= 0.6 is 0 Å². The molecule has 0 radical (unpaired) electrons. The molecular formula is C15H13NO6. The van der Waals surface area contributed by atoms with Crippen molar-refractivity contribution < 1.29 is 23.9 Å². The Morgan fingerprint density at radius 3 is 3.00 bits per heavy atom. The van der Waals surface area contributed by atoms with E-state index in [1.54, 1.807) is 0 Å². The second kappa shape index (κ2) is 4.81. The molecule has 0 saturated carbocycles. The highest BCUT2D eigenvalue weighted by Gasteiger charge is 2.46. The Kier molecular flexibility index (Phi) is 2.90. The van der Waals surface area contributed by atoms with Crippen LogP contribution in [-0.4, -0.2) is 29.7 Å². The van der Waals surface area contributed by atoms with Crippen LogP contribution in [0.15, 0.2) is 30.0 Å². The second-order valence-electron chi connectivity index (χ2n) is 5.56. The summed E-state index contributed by atoms with van der Waals surface area (Å²) < 4.78 is 17.0. The fraction of sp³-hybridized carbons (Fsp3) is 0.400. The molecule has 1 aromatic carbocycles. The highest BCUT2D eigenvalue weighted by Crippen LogP contribution is 2.41. The first-order valence-electron chi connectivity index (χ1n) is 7.12. The van der Waals surface area contributed by atoms with Gasteiger partial charge in [0.05, 0.1) is 34.8 Å². The first-order valence-corrected chi connectivity index (χ1v) is 7.12. The summed E-state index contributed by atoms with van der Waals surface area (Å²) >= 11 is 0. The zero-order valence-corrected chi connectivity index (χ0v) is 11.6. The van der Waals surface area contributed by atoms with E-state index in [-0.39, 0.29) is 23.0 Å². The molecule has 0 amide bonds. The van der Waals surface area contributed by atoms with Gasteiger partial charge in [0.25, 0.3) is 5.69 Å². The molecule has 0 N–H and O–H groups in total. The highest BCUT2D eigenvalue weighted by molar-refractivity contribution is 6.12. The van der Waals surface area contributed by atoms with Crippen LogP contribution in [0, 0.1) is 16.0 Å². The standard InChI is InChI=1S/C15H13NO6/c17-13-10-6-8(16(18)19)3-4-12(10)22-14-9-2-1-5-20-15(9)21-7-11(13)14/h3-4,6-7,9,14-15H,1-2,5H2/t9-,14+,15+/m0/s1. The summed E-state index contributed by atoms with van der Waals surface area (Å²) in [5.74, 6) is 0.0592. The molecular weight excluding hydrogens is 290 g/mol. The number of Topliss-reactive ketones (excluding diaryl/α,β-unsaturated/α-hetero) is 1. The molecule has 0 aromatic heterocycles. The van der Waals surface area contributed by atoms with Crippen LogP contribution in [0.25, 0.3) is 0 Å². The molecule has 0 spiro atoms. The topological polar surface area (TPSA) is 87.9 Å². The lowest BCUT2D eigenvalue weighted by molar-refractivity contribution is -0.384. The molecule has 7 heteroatoms. The maximum atomic E-state index is 12.6. The predicted molar refractivity (Wildman–Crippen MR) is 73.5 cm³/mol. The van der Waals surface area contributed by atoms with E-state index in [0.717, 1.165) is 12.8 Å². The summed E-state index contributed by atoms with van der Waals surface area (Å²) in [6.45, 7) is 0.633. The number of non-ortho nitro benzene ring substituents is 1. The monoisotopic (exact) mass is 303 g/mol. The average Bonchev–Trinajstić information content (AvgIpc) is 2.54. The van der Waals surface area contributed by atoms with Gasteiger partial charge < -0.3 is 14.2 Å². The number of nitro groups is 1. The first kappa shape index (κ1) is 13.3. The third-order valence-electron chi connectivity index (χ3n) is 4.27. The smallest absolute Gasteiger partial charge is 0.270 e. The summed E-state index contributed by atoms with van der Waals surface area (Å²) in [6.07, 6.45) is 2.30. The molecule has 0 aliphatic carbocycles. The zero-order valence-electron chi connectivity index (χ0n) is 11.6. The minimum absolute atomic E-state index is 0.0407. The minimum atomic E-state index is -0.531. The average molecular weight is 303 g/mol. The van der Waals surface area contributed by atoms with E-state index in [9.17, 15) is 14.9 Å². The minimum Gasteiger partial charge on any atom is -0.484 e. The molecule has 0 unspecified atom stereocenters. The zero-order chi connectivity index (χ0) is 15.3. The number of hydrogen-bond donors (Lipinski definition) is 0. The van der Waals surface area contributed by atoms with Gasteiger partial charge in [-0.2, -0.15) is 0 Å². The number of ether oxygens (including phenoxy) is 3. The summed E-state index contributed by atoms with van der Waals surface area (Å²) in [5, 5.41) is 10.9. The van der Waals surface area contributed by atoms with Gasteiger partial charge in [-0.15, -0.1) is 0 Å². The molecule has 1 saturated heterocycles. The molecule has 3 heterocycles. The Balaban J connectivity index is 1.75. The molecule has 114 valence electrons. The molecule has 7 nitrogen and oxygen atoms in total. The fourth-order valence-corrected chi connectivity index (χ4v) is 3.19. The number of hydrogen-bond acceptors (Lipinski definition) is 6. The van der Waals surface area contributed by atoms with Gasteiger partial charge in [-0.05, 0) is 18.9 Å². The number of benzene rings is 1. The van der Waals surface area contributed by atoms with Crippen molar-refractivity contribution in [2.45, 2.75) is 25.2 Å². The van der Waals surface area contributed by atoms with Crippen LogP contribution in [-0.2, 0) is 9.47 Å². The SMILES string of the molecule is O=C1C2=CO[C@H]3OCCC[C@H]3[C@H]2Oc2ccc([N+](=O)[O-])cc21. The lowest BCUT2D eigenvalue weighted by atomic mass is 9.83. The van der Waals surface area contributed by atoms with E-state index in [1.165, 1.54) is 24.5 Å². The maximum absolute atomic E-state index is 12.6. The van der Waals surface area contributed by atoms with Crippen molar-refractivity contribution in [2.24, 2.45) is 5.92 Å². The number of carbonyl (C=O) groups is 1. The highest BCUT2D eigenvalue weighted by atomic mass is 16.7. The molecule has 4 rings (SSSR count). The molecule has 22 heavy (non-hydrogen) atoms. The van der Waals surface area contributed by atoms with Gasteiger partial charge in [-0.3, -0.25) is 14.9 Å². The Morgan fingerprint density at radius 2 is 2.18 bits per heavy atom.